The van der Waals surface area contributed by atoms with Gasteiger partial charge in [-0.1, -0.05) is 13.8 Å². The standard InChI is InChI=1S/C10H19N3/c1-7(2)4-9-6-12-13-10(9)5-8(3)11/h6-8H,4-5,11H2,1-3H3,(H,12,13). The van der Waals surface area contributed by atoms with E-state index in [9.17, 15) is 0 Å². The summed E-state index contributed by atoms with van der Waals surface area (Å²) in [5, 5.41) is 7.06. The molecule has 0 aliphatic carbocycles. The van der Waals surface area contributed by atoms with Crippen molar-refractivity contribution in [3.63, 3.8) is 0 Å². The number of nitrogens with two attached hydrogens (primary N) is 1. The van der Waals surface area contributed by atoms with Gasteiger partial charge < -0.3 is 5.73 Å². The van der Waals surface area contributed by atoms with Crippen molar-refractivity contribution in [2.24, 2.45) is 11.7 Å². The Bertz CT molecular complexity index is 226. The normalized spacial score (nSPS) is 13.6. The van der Waals surface area contributed by atoms with Crippen LogP contribution in [-0.2, 0) is 12.8 Å². The summed E-state index contributed by atoms with van der Waals surface area (Å²) in [6.45, 7) is 6.44. The van der Waals surface area contributed by atoms with Crippen molar-refractivity contribution < 1.29 is 0 Å². The maximum absolute atomic E-state index is 5.74. The molecule has 1 aromatic heterocycles. The van der Waals surface area contributed by atoms with Gasteiger partial charge in [0.25, 0.3) is 0 Å². The molecule has 74 valence electrons. The lowest BCUT2D eigenvalue weighted by molar-refractivity contribution is 0.635. The van der Waals surface area contributed by atoms with E-state index in [0.29, 0.717) is 5.92 Å². The van der Waals surface area contributed by atoms with Gasteiger partial charge in [0.2, 0.25) is 0 Å². The van der Waals surface area contributed by atoms with Crippen LogP contribution in [0.2, 0.25) is 0 Å². The molecule has 0 bridgehead atoms. The topological polar surface area (TPSA) is 54.7 Å². The fourth-order valence-corrected chi connectivity index (χ4v) is 1.45. The van der Waals surface area contributed by atoms with Crippen LogP contribution in [0.3, 0.4) is 0 Å². The quantitative estimate of drug-likeness (QED) is 0.739. The summed E-state index contributed by atoms with van der Waals surface area (Å²) in [5.74, 6) is 0.671. The molecule has 1 rings (SSSR count). The molecule has 0 spiro atoms. The minimum Gasteiger partial charge on any atom is -0.328 e. The molecule has 1 heterocycles. The maximum Gasteiger partial charge on any atom is 0.0522 e. The van der Waals surface area contributed by atoms with Gasteiger partial charge in [0, 0.05) is 18.2 Å². The molecule has 0 amide bonds. The fourth-order valence-electron chi connectivity index (χ4n) is 1.45. The van der Waals surface area contributed by atoms with Crippen molar-refractivity contribution in [1.82, 2.24) is 10.2 Å². The first kappa shape index (κ1) is 10.3. The first-order valence-electron chi connectivity index (χ1n) is 4.86. The van der Waals surface area contributed by atoms with Gasteiger partial charge in [-0.3, -0.25) is 5.10 Å². The Morgan fingerprint density at radius 1 is 1.38 bits per heavy atom. The van der Waals surface area contributed by atoms with E-state index in [1.165, 1.54) is 11.3 Å². The van der Waals surface area contributed by atoms with Crippen LogP contribution in [0.4, 0.5) is 0 Å². The van der Waals surface area contributed by atoms with Crippen molar-refractivity contribution in [2.45, 2.75) is 39.7 Å². The Labute approximate surface area is 79.7 Å². The lowest BCUT2D eigenvalue weighted by atomic mass is 10.0. The lowest BCUT2D eigenvalue weighted by Gasteiger charge is -2.07. The van der Waals surface area contributed by atoms with Crippen molar-refractivity contribution in [3.05, 3.63) is 17.5 Å². The fraction of sp³-hybridized carbons (Fsp3) is 0.700. The van der Waals surface area contributed by atoms with E-state index in [4.69, 9.17) is 5.73 Å². The number of aromatic nitrogens is 2. The average Bonchev–Trinajstić information content (AvgIpc) is 2.34. The van der Waals surface area contributed by atoms with Crippen LogP contribution in [0.1, 0.15) is 32.0 Å². The number of aromatic amines is 1. The second kappa shape index (κ2) is 4.42. The Morgan fingerprint density at radius 2 is 2.08 bits per heavy atom. The summed E-state index contributed by atoms with van der Waals surface area (Å²) in [7, 11) is 0. The van der Waals surface area contributed by atoms with Crippen molar-refractivity contribution in [1.29, 1.82) is 0 Å². The highest BCUT2D eigenvalue weighted by atomic mass is 15.1. The highest BCUT2D eigenvalue weighted by Gasteiger charge is 2.08. The molecule has 1 aromatic rings. The van der Waals surface area contributed by atoms with Gasteiger partial charge in [-0.15, -0.1) is 0 Å². The minimum atomic E-state index is 0.200. The minimum absolute atomic E-state index is 0.200. The van der Waals surface area contributed by atoms with Gasteiger partial charge >= 0.3 is 0 Å². The Kier molecular flexibility index (Phi) is 3.48. The third-order valence-corrected chi connectivity index (χ3v) is 1.96. The molecular weight excluding hydrogens is 162 g/mol. The van der Waals surface area contributed by atoms with Gasteiger partial charge in [-0.05, 0) is 24.8 Å². The lowest BCUT2D eigenvalue weighted by Crippen LogP contribution is -2.19. The molecule has 3 nitrogen and oxygen atoms in total. The molecule has 1 unspecified atom stereocenters. The van der Waals surface area contributed by atoms with Crippen molar-refractivity contribution in [2.75, 3.05) is 0 Å². The molecular formula is C10H19N3. The van der Waals surface area contributed by atoms with Crippen LogP contribution < -0.4 is 5.73 Å². The molecule has 0 radical (unpaired) electrons. The summed E-state index contributed by atoms with van der Waals surface area (Å²) < 4.78 is 0. The van der Waals surface area contributed by atoms with Gasteiger partial charge in [0.15, 0.2) is 0 Å². The summed E-state index contributed by atoms with van der Waals surface area (Å²) in [6.07, 6.45) is 3.89. The Hall–Kier alpha value is -0.830. The molecule has 0 aromatic carbocycles. The van der Waals surface area contributed by atoms with Crippen molar-refractivity contribution >= 4 is 0 Å². The molecule has 0 saturated carbocycles. The number of nitrogens with one attached hydrogen (secondary N) is 1. The molecule has 3 heteroatoms. The van der Waals surface area contributed by atoms with Crippen LogP contribution in [0.5, 0.6) is 0 Å². The second-order valence-corrected chi connectivity index (χ2v) is 4.15. The van der Waals surface area contributed by atoms with Crippen LogP contribution in [0.15, 0.2) is 6.20 Å². The number of hydrogen-bond acceptors (Lipinski definition) is 2. The zero-order valence-corrected chi connectivity index (χ0v) is 8.67. The van der Waals surface area contributed by atoms with E-state index in [2.05, 4.69) is 24.0 Å². The monoisotopic (exact) mass is 181 g/mol. The van der Waals surface area contributed by atoms with Gasteiger partial charge in [0.05, 0.1) is 6.20 Å². The Balaban J connectivity index is 2.65. The number of nitrogens with zero attached hydrogens (tertiary/aromatic N) is 1. The van der Waals surface area contributed by atoms with E-state index in [1.807, 2.05) is 13.1 Å². The van der Waals surface area contributed by atoms with Crippen LogP contribution >= 0.6 is 0 Å². The third-order valence-electron chi connectivity index (χ3n) is 1.96. The highest BCUT2D eigenvalue weighted by molar-refractivity contribution is 5.17. The molecule has 0 fully saturated rings. The van der Waals surface area contributed by atoms with E-state index in [1.54, 1.807) is 0 Å². The van der Waals surface area contributed by atoms with Crippen LogP contribution in [-0.4, -0.2) is 16.2 Å². The summed E-state index contributed by atoms with van der Waals surface area (Å²) in [6, 6.07) is 0.200. The SMILES string of the molecule is CC(C)Cc1cn[nH]c1CC(C)N. The van der Waals surface area contributed by atoms with E-state index in [-0.39, 0.29) is 6.04 Å². The molecule has 0 aliphatic rings. The van der Waals surface area contributed by atoms with Gasteiger partial charge in [-0.2, -0.15) is 5.10 Å². The number of hydrogen-bond donors (Lipinski definition) is 2. The zero-order valence-electron chi connectivity index (χ0n) is 8.67. The largest absolute Gasteiger partial charge is 0.328 e. The molecule has 1 atom stereocenters. The Morgan fingerprint density at radius 3 is 2.62 bits per heavy atom. The van der Waals surface area contributed by atoms with E-state index >= 15 is 0 Å². The number of rotatable bonds is 4. The molecule has 13 heavy (non-hydrogen) atoms. The predicted octanol–water partition coefficient (Wildman–Crippen LogP) is 1.50. The summed E-state index contributed by atoms with van der Waals surface area (Å²) >= 11 is 0. The molecule has 3 N–H and O–H groups in total. The van der Waals surface area contributed by atoms with Gasteiger partial charge in [0.1, 0.15) is 0 Å². The van der Waals surface area contributed by atoms with E-state index in [0.717, 1.165) is 12.8 Å². The number of H-pyrrole nitrogens is 1. The van der Waals surface area contributed by atoms with Crippen molar-refractivity contribution in [3.8, 4) is 0 Å². The van der Waals surface area contributed by atoms with Crippen LogP contribution in [0.25, 0.3) is 0 Å². The average molecular weight is 181 g/mol. The molecule has 0 aliphatic heterocycles. The predicted molar refractivity (Wildman–Crippen MR) is 54.5 cm³/mol. The highest BCUT2D eigenvalue weighted by Crippen LogP contribution is 2.12. The second-order valence-electron chi connectivity index (χ2n) is 4.15. The van der Waals surface area contributed by atoms with Crippen LogP contribution in [0, 0.1) is 5.92 Å². The summed E-state index contributed by atoms with van der Waals surface area (Å²) in [4.78, 5) is 0. The summed E-state index contributed by atoms with van der Waals surface area (Å²) in [5.41, 5.74) is 8.25. The smallest absolute Gasteiger partial charge is 0.0522 e. The maximum atomic E-state index is 5.74. The molecule has 0 saturated heterocycles. The van der Waals surface area contributed by atoms with E-state index < -0.39 is 0 Å². The first-order chi connectivity index (χ1) is 6.09. The third kappa shape index (κ3) is 3.19. The first-order valence-corrected chi connectivity index (χ1v) is 4.86. The van der Waals surface area contributed by atoms with Gasteiger partial charge in [-0.25, -0.2) is 0 Å². The zero-order chi connectivity index (χ0) is 9.84.